The van der Waals surface area contributed by atoms with Gasteiger partial charge in [0.2, 0.25) is 0 Å². The summed E-state index contributed by atoms with van der Waals surface area (Å²) >= 11 is 0. The van der Waals surface area contributed by atoms with Gasteiger partial charge >= 0.3 is 5.97 Å². The third-order valence-electron chi connectivity index (χ3n) is 2.52. The van der Waals surface area contributed by atoms with Gasteiger partial charge in [0.05, 0.1) is 11.4 Å². The van der Waals surface area contributed by atoms with Crippen molar-refractivity contribution in [3.8, 4) is 0 Å². The summed E-state index contributed by atoms with van der Waals surface area (Å²) in [4.78, 5) is 15.1. The molecule has 2 aromatic rings. The van der Waals surface area contributed by atoms with E-state index in [2.05, 4.69) is 4.98 Å². The third-order valence-corrected chi connectivity index (χ3v) is 2.52. The van der Waals surface area contributed by atoms with Crippen molar-refractivity contribution in [2.24, 2.45) is 0 Å². The Labute approximate surface area is 87.4 Å². The van der Waals surface area contributed by atoms with E-state index in [0.29, 0.717) is 0 Å². The first-order valence-corrected chi connectivity index (χ1v) is 4.76. The van der Waals surface area contributed by atoms with E-state index in [1.54, 1.807) is 19.2 Å². The summed E-state index contributed by atoms with van der Waals surface area (Å²) in [5, 5.41) is 9.89. The van der Waals surface area contributed by atoms with E-state index in [0.717, 1.165) is 16.5 Å². The summed E-state index contributed by atoms with van der Waals surface area (Å²) in [5.41, 5.74) is 1.65. The molecule has 0 saturated carbocycles. The number of rotatable bonds is 2. The Kier molecular flexibility index (Phi) is 2.37. The van der Waals surface area contributed by atoms with E-state index in [4.69, 9.17) is 5.11 Å². The third kappa shape index (κ3) is 1.68. The normalized spacial score (nSPS) is 12.6. The topological polar surface area (TPSA) is 50.2 Å². The Morgan fingerprint density at radius 2 is 2.07 bits per heavy atom. The number of hydrogen-bond donors (Lipinski definition) is 1. The first-order chi connectivity index (χ1) is 7.20. The van der Waals surface area contributed by atoms with Gasteiger partial charge in [-0.05, 0) is 24.6 Å². The number of aliphatic carboxylic acids is 1. The highest BCUT2D eigenvalue weighted by Crippen LogP contribution is 2.23. The monoisotopic (exact) mass is 201 g/mol. The predicted octanol–water partition coefficient (Wildman–Crippen LogP) is 2.42. The van der Waals surface area contributed by atoms with Crippen molar-refractivity contribution in [1.29, 1.82) is 0 Å². The molecule has 0 spiro atoms. The minimum absolute atomic E-state index is 0.502. The molecule has 0 bridgehead atoms. The fourth-order valence-corrected chi connectivity index (χ4v) is 1.63. The van der Waals surface area contributed by atoms with E-state index >= 15 is 0 Å². The lowest BCUT2D eigenvalue weighted by atomic mass is 9.98. The molecule has 1 N–H and O–H groups in total. The number of carboxylic acid groups (broad SMARTS) is 1. The zero-order valence-corrected chi connectivity index (χ0v) is 8.34. The first-order valence-electron chi connectivity index (χ1n) is 4.76. The second kappa shape index (κ2) is 3.69. The maximum atomic E-state index is 10.9. The van der Waals surface area contributed by atoms with Crippen molar-refractivity contribution < 1.29 is 9.90 Å². The maximum Gasteiger partial charge on any atom is 0.310 e. The van der Waals surface area contributed by atoms with Gasteiger partial charge < -0.3 is 5.11 Å². The molecule has 1 atom stereocenters. The highest BCUT2D eigenvalue weighted by molar-refractivity contribution is 5.88. The minimum Gasteiger partial charge on any atom is -0.481 e. The van der Waals surface area contributed by atoms with Crippen LogP contribution in [0.5, 0.6) is 0 Å². The van der Waals surface area contributed by atoms with Crippen LogP contribution < -0.4 is 0 Å². The molecule has 1 aromatic carbocycles. The Bertz CT molecular complexity index is 502. The second-order valence-corrected chi connectivity index (χ2v) is 3.48. The van der Waals surface area contributed by atoms with Gasteiger partial charge in [-0.2, -0.15) is 0 Å². The molecule has 1 aromatic heterocycles. The Morgan fingerprint density at radius 3 is 2.80 bits per heavy atom. The predicted molar refractivity (Wildman–Crippen MR) is 57.8 cm³/mol. The number of nitrogens with zero attached hydrogens (tertiary/aromatic N) is 1. The van der Waals surface area contributed by atoms with Crippen LogP contribution in [-0.2, 0) is 4.79 Å². The van der Waals surface area contributed by atoms with E-state index in [1.165, 1.54) is 0 Å². The summed E-state index contributed by atoms with van der Waals surface area (Å²) in [6.07, 6.45) is 1.65. The van der Waals surface area contributed by atoms with Crippen LogP contribution in [0, 0.1) is 0 Å². The fraction of sp³-hybridized carbons (Fsp3) is 0.167. The van der Waals surface area contributed by atoms with Crippen molar-refractivity contribution in [1.82, 2.24) is 4.98 Å². The van der Waals surface area contributed by atoms with Crippen molar-refractivity contribution >= 4 is 16.9 Å². The highest BCUT2D eigenvalue weighted by Gasteiger charge is 2.15. The molecule has 3 nitrogen and oxygen atoms in total. The van der Waals surface area contributed by atoms with Crippen LogP contribution >= 0.6 is 0 Å². The molecule has 0 aliphatic carbocycles. The van der Waals surface area contributed by atoms with Crippen molar-refractivity contribution in [2.45, 2.75) is 12.8 Å². The average molecular weight is 201 g/mol. The molecular formula is C12H11NO2. The van der Waals surface area contributed by atoms with Crippen molar-refractivity contribution in [3.63, 3.8) is 0 Å². The summed E-state index contributed by atoms with van der Waals surface area (Å²) in [6.45, 7) is 1.68. The number of para-hydroxylation sites is 1. The van der Waals surface area contributed by atoms with Crippen LogP contribution in [-0.4, -0.2) is 16.1 Å². The highest BCUT2D eigenvalue weighted by atomic mass is 16.4. The van der Waals surface area contributed by atoms with Crippen LogP contribution in [0.3, 0.4) is 0 Å². The second-order valence-electron chi connectivity index (χ2n) is 3.48. The maximum absolute atomic E-state index is 10.9. The zero-order valence-electron chi connectivity index (χ0n) is 8.34. The largest absolute Gasteiger partial charge is 0.481 e. The number of hydrogen-bond acceptors (Lipinski definition) is 2. The average Bonchev–Trinajstić information content (AvgIpc) is 2.27. The summed E-state index contributed by atoms with van der Waals surface area (Å²) in [6, 6.07) is 9.33. The van der Waals surface area contributed by atoms with Gasteiger partial charge in [-0.25, -0.2) is 0 Å². The molecule has 0 amide bonds. The van der Waals surface area contributed by atoms with Gasteiger partial charge in [-0.15, -0.1) is 0 Å². The molecule has 3 heteroatoms. The van der Waals surface area contributed by atoms with Crippen LogP contribution in [0.25, 0.3) is 10.9 Å². The standard InChI is InChI=1S/C12H11NO2/c1-8(12(14)15)9-6-7-13-11-5-3-2-4-10(9)11/h2-8H,1H3,(H,14,15)/t8-/m0/s1. The van der Waals surface area contributed by atoms with Gasteiger partial charge in [0.25, 0.3) is 0 Å². The molecule has 0 radical (unpaired) electrons. The number of pyridine rings is 1. The molecule has 15 heavy (non-hydrogen) atoms. The van der Waals surface area contributed by atoms with Crippen LogP contribution in [0.15, 0.2) is 36.5 Å². The smallest absolute Gasteiger partial charge is 0.310 e. The molecule has 0 aliphatic rings. The Balaban J connectivity index is 2.65. The lowest BCUT2D eigenvalue weighted by molar-refractivity contribution is -0.138. The molecule has 0 unspecified atom stereocenters. The summed E-state index contributed by atoms with van der Waals surface area (Å²) in [5.74, 6) is -1.32. The first kappa shape index (κ1) is 9.65. The van der Waals surface area contributed by atoms with Gasteiger partial charge in [-0.3, -0.25) is 9.78 Å². The molecular weight excluding hydrogens is 190 g/mol. The fourth-order valence-electron chi connectivity index (χ4n) is 1.63. The lowest BCUT2D eigenvalue weighted by Crippen LogP contribution is -2.07. The van der Waals surface area contributed by atoms with Crippen molar-refractivity contribution in [2.75, 3.05) is 0 Å². The van der Waals surface area contributed by atoms with E-state index in [1.807, 2.05) is 24.3 Å². The molecule has 76 valence electrons. The summed E-state index contributed by atoms with van der Waals surface area (Å²) < 4.78 is 0. The minimum atomic E-state index is -0.814. The molecule has 2 rings (SSSR count). The van der Waals surface area contributed by atoms with E-state index < -0.39 is 11.9 Å². The number of carbonyl (C=O) groups is 1. The quantitative estimate of drug-likeness (QED) is 0.811. The van der Waals surface area contributed by atoms with Gasteiger partial charge in [0.1, 0.15) is 0 Å². The van der Waals surface area contributed by atoms with Crippen LogP contribution in [0.1, 0.15) is 18.4 Å². The Morgan fingerprint density at radius 1 is 1.33 bits per heavy atom. The number of aromatic nitrogens is 1. The van der Waals surface area contributed by atoms with Gasteiger partial charge in [0.15, 0.2) is 0 Å². The number of carboxylic acids is 1. The Hall–Kier alpha value is -1.90. The van der Waals surface area contributed by atoms with Crippen LogP contribution in [0.4, 0.5) is 0 Å². The van der Waals surface area contributed by atoms with Crippen molar-refractivity contribution in [3.05, 3.63) is 42.1 Å². The lowest BCUT2D eigenvalue weighted by Gasteiger charge is -2.09. The zero-order chi connectivity index (χ0) is 10.8. The molecule has 0 aliphatic heterocycles. The van der Waals surface area contributed by atoms with Gasteiger partial charge in [0, 0.05) is 11.6 Å². The SMILES string of the molecule is C[C@H](C(=O)O)c1ccnc2ccccc12. The molecule has 0 saturated heterocycles. The number of fused-ring (bicyclic) bond motifs is 1. The molecule has 0 fully saturated rings. The van der Waals surface area contributed by atoms with Gasteiger partial charge in [-0.1, -0.05) is 18.2 Å². The number of benzene rings is 1. The van der Waals surface area contributed by atoms with E-state index in [9.17, 15) is 4.79 Å². The summed E-state index contributed by atoms with van der Waals surface area (Å²) in [7, 11) is 0. The molecule has 1 heterocycles. The van der Waals surface area contributed by atoms with Crippen LogP contribution in [0.2, 0.25) is 0 Å². The van der Waals surface area contributed by atoms with E-state index in [-0.39, 0.29) is 0 Å².